The lowest BCUT2D eigenvalue weighted by molar-refractivity contribution is -0.117. The number of para-hydroxylation sites is 1. The number of amides is 1. The molecule has 0 bridgehead atoms. The van der Waals surface area contributed by atoms with E-state index in [9.17, 15) is 4.79 Å². The average Bonchev–Trinajstić information content (AvgIpc) is 2.52. The van der Waals surface area contributed by atoms with E-state index < -0.39 is 0 Å². The van der Waals surface area contributed by atoms with Crippen molar-refractivity contribution in [2.24, 2.45) is 0 Å². The van der Waals surface area contributed by atoms with E-state index in [4.69, 9.17) is 28.5 Å². The van der Waals surface area contributed by atoms with Crippen LogP contribution in [-0.4, -0.2) is 24.4 Å². The monoisotopic (exact) mass is 347 g/mol. The van der Waals surface area contributed by atoms with Crippen LogP contribution in [0.15, 0.2) is 42.5 Å². The van der Waals surface area contributed by atoms with Crippen LogP contribution in [0.3, 0.4) is 0 Å². The molecule has 23 heavy (non-hydrogen) atoms. The summed E-state index contributed by atoms with van der Waals surface area (Å²) in [5, 5.41) is 12.8. The van der Waals surface area contributed by atoms with E-state index in [1.807, 2.05) is 30.1 Å². The molecule has 0 fully saturated rings. The van der Waals surface area contributed by atoms with E-state index in [1.54, 1.807) is 30.3 Å². The van der Waals surface area contributed by atoms with Gasteiger partial charge in [0.05, 0.1) is 27.8 Å². The zero-order chi connectivity index (χ0) is 16.8. The van der Waals surface area contributed by atoms with Crippen molar-refractivity contribution < 1.29 is 4.79 Å². The molecule has 0 heterocycles. The summed E-state index contributed by atoms with van der Waals surface area (Å²) in [4.78, 5) is 13.9. The van der Waals surface area contributed by atoms with Gasteiger partial charge in [-0.05, 0) is 30.8 Å². The summed E-state index contributed by atoms with van der Waals surface area (Å²) in [6, 6.07) is 14.3. The van der Waals surface area contributed by atoms with Crippen molar-refractivity contribution in [1.29, 1.82) is 5.26 Å². The van der Waals surface area contributed by atoms with Crippen LogP contribution in [0.4, 0.5) is 5.69 Å². The molecule has 1 N–H and O–H groups in total. The normalized spacial score (nSPS) is 10.4. The second-order valence-electron chi connectivity index (χ2n) is 5.09. The Bertz CT molecular complexity index is 756. The molecule has 0 radical (unpaired) electrons. The maximum atomic E-state index is 12.1. The molecule has 118 valence electrons. The SMILES string of the molecule is CN(CC(=O)Nc1ccccc1C#N)Cc1cccc(Cl)c1Cl. The van der Waals surface area contributed by atoms with Crippen LogP contribution in [0.2, 0.25) is 10.0 Å². The summed E-state index contributed by atoms with van der Waals surface area (Å²) in [6.07, 6.45) is 0. The Morgan fingerprint density at radius 2 is 1.96 bits per heavy atom. The zero-order valence-electron chi connectivity index (χ0n) is 12.5. The number of likely N-dealkylation sites (N-methyl/N-ethyl adjacent to an activating group) is 1. The van der Waals surface area contributed by atoms with Gasteiger partial charge in [-0.2, -0.15) is 5.26 Å². The molecule has 0 aliphatic carbocycles. The first-order valence-electron chi connectivity index (χ1n) is 6.91. The van der Waals surface area contributed by atoms with Gasteiger partial charge in [-0.1, -0.05) is 47.5 Å². The molecule has 4 nitrogen and oxygen atoms in total. The van der Waals surface area contributed by atoms with Crippen LogP contribution in [0.25, 0.3) is 0 Å². The summed E-state index contributed by atoms with van der Waals surface area (Å²) in [6.45, 7) is 0.662. The third-order valence-corrected chi connectivity index (χ3v) is 4.07. The van der Waals surface area contributed by atoms with Crippen LogP contribution in [-0.2, 0) is 11.3 Å². The van der Waals surface area contributed by atoms with E-state index in [0.717, 1.165) is 5.56 Å². The molecular weight excluding hydrogens is 333 g/mol. The summed E-state index contributed by atoms with van der Waals surface area (Å²) in [5.74, 6) is -0.201. The number of nitrogens with zero attached hydrogens (tertiary/aromatic N) is 2. The molecule has 0 saturated carbocycles. The molecule has 2 aromatic rings. The first-order chi connectivity index (χ1) is 11.0. The summed E-state index contributed by atoms with van der Waals surface area (Å²) < 4.78 is 0. The molecule has 0 atom stereocenters. The largest absolute Gasteiger partial charge is 0.324 e. The minimum atomic E-state index is -0.201. The topological polar surface area (TPSA) is 56.1 Å². The number of hydrogen-bond donors (Lipinski definition) is 1. The third kappa shape index (κ3) is 4.70. The Hall–Kier alpha value is -2.06. The van der Waals surface area contributed by atoms with Crippen molar-refractivity contribution in [3.05, 3.63) is 63.6 Å². The number of anilines is 1. The zero-order valence-corrected chi connectivity index (χ0v) is 14.0. The minimum Gasteiger partial charge on any atom is -0.324 e. The van der Waals surface area contributed by atoms with Gasteiger partial charge in [0, 0.05) is 6.54 Å². The van der Waals surface area contributed by atoms with Crippen molar-refractivity contribution in [2.75, 3.05) is 18.9 Å². The number of halogens is 2. The van der Waals surface area contributed by atoms with E-state index >= 15 is 0 Å². The Labute approximate surface area is 145 Å². The van der Waals surface area contributed by atoms with E-state index in [1.165, 1.54) is 0 Å². The Kier molecular flexibility index (Phi) is 6.00. The molecule has 2 aromatic carbocycles. The third-order valence-electron chi connectivity index (χ3n) is 3.21. The second-order valence-corrected chi connectivity index (χ2v) is 5.88. The number of benzene rings is 2. The Balaban J connectivity index is 1.97. The molecule has 1 amide bonds. The van der Waals surface area contributed by atoms with E-state index in [-0.39, 0.29) is 12.5 Å². The minimum absolute atomic E-state index is 0.169. The van der Waals surface area contributed by atoms with Gasteiger partial charge in [0.25, 0.3) is 0 Å². The lowest BCUT2D eigenvalue weighted by Crippen LogP contribution is -2.30. The van der Waals surface area contributed by atoms with Crippen LogP contribution in [0, 0.1) is 11.3 Å². The van der Waals surface area contributed by atoms with Crippen molar-refractivity contribution in [1.82, 2.24) is 4.90 Å². The Morgan fingerprint density at radius 3 is 2.70 bits per heavy atom. The summed E-state index contributed by atoms with van der Waals surface area (Å²) in [5.41, 5.74) is 1.79. The quantitative estimate of drug-likeness (QED) is 0.891. The second kappa shape index (κ2) is 7.98. The molecule has 0 unspecified atom stereocenters. The van der Waals surface area contributed by atoms with Crippen LogP contribution < -0.4 is 5.32 Å². The first kappa shape index (κ1) is 17.3. The van der Waals surface area contributed by atoms with Crippen molar-refractivity contribution in [2.45, 2.75) is 6.54 Å². The fraction of sp³-hybridized carbons (Fsp3) is 0.176. The van der Waals surface area contributed by atoms with Gasteiger partial charge in [0.1, 0.15) is 6.07 Å². The smallest absolute Gasteiger partial charge is 0.238 e. The number of hydrogen-bond acceptors (Lipinski definition) is 3. The van der Waals surface area contributed by atoms with Crippen molar-refractivity contribution in [3.8, 4) is 6.07 Å². The lowest BCUT2D eigenvalue weighted by atomic mass is 10.2. The molecule has 0 spiro atoms. The van der Waals surface area contributed by atoms with Gasteiger partial charge >= 0.3 is 0 Å². The summed E-state index contributed by atoms with van der Waals surface area (Å²) in [7, 11) is 1.81. The number of nitriles is 1. The van der Waals surface area contributed by atoms with Gasteiger partial charge in [0.2, 0.25) is 5.91 Å². The Morgan fingerprint density at radius 1 is 1.22 bits per heavy atom. The number of rotatable bonds is 5. The van der Waals surface area contributed by atoms with Crippen LogP contribution in [0.1, 0.15) is 11.1 Å². The highest BCUT2D eigenvalue weighted by molar-refractivity contribution is 6.42. The maximum Gasteiger partial charge on any atom is 0.238 e. The van der Waals surface area contributed by atoms with Crippen molar-refractivity contribution in [3.63, 3.8) is 0 Å². The molecular formula is C17H15Cl2N3O. The predicted molar refractivity (Wildman–Crippen MR) is 92.6 cm³/mol. The average molecular weight is 348 g/mol. The molecule has 2 rings (SSSR count). The summed E-state index contributed by atoms with van der Waals surface area (Å²) >= 11 is 12.1. The highest BCUT2D eigenvalue weighted by Crippen LogP contribution is 2.26. The molecule has 0 aliphatic heterocycles. The molecule has 0 saturated heterocycles. The maximum absolute atomic E-state index is 12.1. The fourth-order valence-corrected chi connectivity index (χ4v) is 2.52. The van der Waals surface area contributed by atoms with Gasteiger partial charge < -0.3 is 5.32 Å². The highest BCUT2D eigenvalue weighted by Gasteiger charge is 2.12. The fourth-order valence-electron chi connectivity index (χ4n) is 2.14. The highest BCUT2D eigenvalue weighted by atomic mass is 35.5. The van der Waals surface area contributed by atoms with E-state index in [2.05, 4.69) is 5.32 Å². The number of carbonyl (C=O) groups is 1. The van der Waals surface area contributed by atoms with Gasteiger partial charge in [-0.25, -0.2) is 0 Å². The molecule has 0 aliphatic rings. The van der Waals surface area contributed by atoms with Crippen LogP contribution in [0.5, 0.6) is 0 Å². The number of carbonyl (C=O) groups excluding carboxylic acids is 1. The molecule has 6 heteroatoms. The van der Waals surface area contributed by atoms with Crippen LogP contribution >= 0.6 is 23.2 Å². The van der Waals surface area contributed by atoms with Gasteiger partial charge in [-0.3, -0.25) is 9.69 Å². The van der Waals surface area contributed by atoms with Gasteiger partial charge in [-0.15, -0.1) is 0 Å². The standard InChI is InChI=1S/C17H15Cl2N3O/c1-22(10-13-6-4-7-14(18)17(13)19)11-16(23)21-15-8-3-2-5-12(15)9-20/h2-8H,10-11H2,1H3,(H,21,23). The van der Waals surface area contributed by atoms with Gasteiger partial charge in [0.15, 0.2) is 0 Å². The van der Waals surface area contributed by atoms with Crippen molar-refractivity contribution >= 4 is 34.8 Å². The lowest BCUT2D eigenvalue weighted by Gasteiger charge is -2.17. The first-order valence-corrected chi connectivity index (χ1v) is 7.67. The number of nitrogens with one attached hydrogen (secondary N) is 1. The van der Waals surface area contributed by atoms with E-state index in [0.29, 0.717) is 27.8 Å². The predicted octanol–water partition coefficient (Wildman–Crippen LogP) is 3.94. The molecule has 0 aromatic heterocycles.